The van der Waals surface area contributed by atoms with Gasteiger partial charge in [0.2, 0.25) is 0 Å². The maximum absolute atomic E-state index is 13.1. The molecule has 0 saturated carbocycles. The van der Waals surface area contributed by atoms with Gasteiger partial charge in [-0.05, 0) is 44.4 Å². The van der Waals surface area contributed by atoms with E-state index >= 15 is 0 Å². The highest BCUT2D eigenvalue weighted by molar-refractivity contribution is 9.10. The quantitative estimate of drug-likeness (QED) is 0.500. The van der Waals surface area contributed by atoms with Crippen molar-refractivity contribution < 1.29 is 4.79 Å². The lowest BCUT2D eigenvalue weighted by molar-refractivity contribution is 0.0985. The first-order chi connectivity index (χ1) is 12.0. The van der Waals surface area contributed by atoms with Crippen LogP contribution in [0.1, 0.15) is 10.4 Å². The van der Waals surface area contributed by atoms with Crippen LogP contribution in [0.5, 0.6) is 0 Å². The van der Waals surface area contributed by atoms with Crippen molar-refractivity contribution in [2.24, 2.45) is 0 Å². The number of anilines is 1. The van der Waals surface area contributed by atoms with E-state index in [0.717, 1.165) is 21.2 Å². The second kappa shape index (κ2) is 9.15. The standard InChI is InChI=1S/C18H17BrClN3OS.ClH/c1-22(2)9-10-23(17(24)12-5-3-6-13(19)11-12)18-21-16-14(20)7-4-8-15(16)25-18;/h3-8,11H,9-10H2,1-2H3;1H. The number of benzene rings is 2. The van der Waals surface area contributed by atoms with Crippen LogP contribution in [-0.4, -0.2) is 43.0 Å². The first-order valence-electron chi connectivity index (χ1n) is 7.73. The molecule has 26 heavy (non-hydrogen) atoms. The molecule has 0 unspecified atom stereocenters. The van der Waals surface area contributed by atoms with Crippen LogP contribution in [-0.2, 0) is 0 Å². The van der Waals surface area contributed by atoms with E-state index < -0.39 is 0 Å². The van der Waals surface area contributed by atoms with Crippen molar-refractivity contribution in [2.45, 2.75) is 0 Å². The average molecular weight is 475 g/mol. The molecule has 0 aliphatic rings. The molecule has 138 valence electrons. The summed E-state index contributed by atoms with van der Waals surface area (Å²) in [6.45, 7) is 1.29. The number of rotatable bonds is 5. The van der Waals surface area contributed by atoms with Crippen LogP contribution in [0.15, 0.2) is 46.9 Å². The van der Waals surface area contributed by atoms with Gasteiger partial charge in [-0.2, -0.15) is 0 Å². The highest BCUT2D eigenvalue weighted by Crippen LogP contribution is 2.33. The smallest absolute Gasteiger partial charge is 0.260 e. The van der Waals surface area contributed by atoms with Gasteiger partial charge in [0.15, 0.2) is 5.13 Å². The Morgan fingerprint density at radius 3 is 2.58 bits per heavy atom. The highest BCUT2D eigenvalue weighted by Gasteiger charge is 2.22. The van der Waals surface area contributed by atoms with Gasteiger partial charge < -0.3 is 4.90 Å². The molecule has 0 atom stereocenters. The number of hydrogen-bond donors (Lipinski definition) is 0. The molecule has 1 aromatic heterocycles. The van der Waals surface area contributed by atoms with Crippen LogP contribution < -0.4 is 4.90 Å². The molecule has 0 N–H and O–H groups in total. The monoisotopic (exact) mass is 473 g/mol. The molecule has 0 fully saturated rings. The molecule has 3 aromatic rings. The van der Waals surface area contributed by atoms with Crippen LogP contribution in [0.3, 0.4) is 0 Å². The van der Waals surface area contributed by atoms with Gasteiger partial charge in [0.1, 0.15) is 5.52 Å². The summed E-state index contributed by atoms with van der Waals surface area (Å²) in [5, 5.41) is 1.26. The van der Waals surface area contributed by atoms with Gasteiger partial charge in [0.05, 0.1) is 9.72 Å². The Bertz CT molecular complexity index is 916. The number of fused-ring (bicyclic) bond motifs is 1. The molecule has 3 rings (SSSR count). The summed E-state index contributed by atoms with van der Waals surface area (Å²) in [7, 11) is 3.97. The number of thiazole rings is 1. The summed E-state index contributed by atoms with van der Waals surface area (Å²) >= 11 is 11.2. The number of aromatic nitrogens is 1. The minimum atomic E-state index is -0.0710. The topological polar surface area (TPSA) is 36.4 Å². The zero-order valence-corrected chi connectivity index (χ0v) is 18.3. The Morgan fingerprint density at radius 1 is 1.19 bits per heavy atom. The van der Waals surface area contributed by atoms with Gasteiger partial charge in [0, 0.05) is 23.1 Å². The van der Waals surface area contributed by atoms with Gasteiger partial charge in [0.25, 0.3) is 5.91 Å². The van der Waals surface area contributed by atoms with Gasteiger partial charge in [-0.1, -0.05) is 51.0 Å². The summed E-state index contributed by atoms with van der Waals surface area (Å²) in [5.41, 5.74) is 1.36. The molecule has 0 radical (unpaired) electrons. The van der Waals surface area contributed by atoms with E-state index in [1.165, 1.54) is 11.3 Å². The number of likely N-dealkylation sites (N-methyl/N-ethyl adjacent to an activating group) is 1. The molecule has 0 spiro atoms. The lowest BCUT2D eigenvalue weighted by atomic mass is 10.2. The lowest BCUT2D eigenvalue weighted by Gasteiger charge is -2.22. The Balaban J connectivity index is 0.00000243. The zero-order valence-electron chi connectivity index (χ0n) is 14.3. The molecule has 0 bridgehead atoms. The fourth-order valence-corrected chi connectivity index (χ4v) is 4.07. The highest BCUT2D eigenvalue weighted by atomic mass is 79.9. The first-order valence-corrected chi connectivity index (χ1v) is 9.71. The van der Waals surface area contributed by atoms with Crippen LogP contribution in [0.25, 0.3) is 10.2 Å². The third kappa shape index (κ3) is 4.75. The second-order valence-corrected chi connectivity index (χ2v) is 8.19. The average Bonchev–Trinajstić information content (AvgIpc) is 3.00. The number of hydrogen-bond acceptors (Lipinski definition) is 4. The van der Waals surface area contributed by atoms with Gasteiger partial charge in [-0.15, -0.1) is 12.4 Å². The van der Waals surface area contributed by atoms with E-state index in [4.69, 9.17) is 11.6 Å². The third-order valence-electron chi connectivity index (χ3n) is 3.68. The predicted molar refractivity (Wildman–Crippen MR) is 116 cm³/mol. The Labute approximate surface area is 176 Å². The molecule has 0 saturated heterocycles. The molecular weight excluding hydrogens is 457 g/mol. The molecule has 4 nitrogen and oxygen atoms in total. The van der Waals surface area contributed by atoms with E-state index in [1.807, 2.05) is 61.5 Å². The van der Waals surface area contributed by atoms with E-state index in [1.54, 1.807) is 4.90 Å². The molecule has 1 heterocycles. The van der Waals surface area contributed by atoms with Crippen molar-refractivity contribution in [1.82, 2.24) is 9.88 Å². The van der Waals surface area contributed by atoms with E-state index in [2.05, 4.69) is 20.9 Å². The largest absolute Gasteiger partial charge is 0.308 e. The van der Waals surface area contributed by atoms with E-state index in [9.17, 15) is 4.79 Å². The van der Waals surface area contributed by atoms with Crippen molar-refractivity contribution in [3.63, 3.8) is 0 Å². The third-order valence-corrected chi connectivity index (χ3v) is 5.52. The minimum Gasteiger partial charge on any atom is -0.308 e. The fraction of sp³-hybridized carbons (Fsp3) is 0.222. The van der Waals surface area contributed by atoms with Crippen LogP contribution in [0.2, 0.25) is 5.02 Å². The number of para-hydroxylation sites is 1. The van der Waals surface area contributed by atoms with Crippen LogP contribution >= 0.6 is 51.3 Å². The van der Waals surface area contributed by atoms with Crippen molar-refractivity contribution in [2.75, 3.05) is 32.1 Å². The molecular formula is C18H18BrCl2N3OS. The van der Waals surface area contributed by atoms with E-state index in [0.29, 0.717) is 22.3 Å². The van der Waals surface area contributed by atoms with Gasteiger partial charge in [-0.3, -0.25) is 9.69 Å². The van der Waals surface area contributed by atoms with Gasteiger partial charge >= 0.3 is 0 Å². The van der Waals surface area contributed by atoms with Crippen molar-refractivity contribution in [3.8, 4) is 0 Å². The fourth-order valence-electron chi connectivity index (χ4n) is 2.38. The number of carbonyl (C=O) groups is 1. The number of carbonyl (C=O) groups excluding carboxylic acids is 1. The van der Waals surface area contributed by atoms with Crippen molar-refractivity contribution in [3.05, 3.63) is 57.5 Å². The molecule has 0 aliphatic heterocycles. The number of halogens is 3. The SMILES string of the molecule is CN(C)CCN(C(=O)c1cccc(Br)c1)c1nc2c(Cl)cccc2s1.Cl. The lowest BCUT2D eigenvalue weighted by Crippen LogP contribution is -2.36. The minimum absolute atomic E-state index is 0. The van der Waals surface area contributed by atoms with Crippen LogP contribution in [0, 0.1) is 0 Å². The zero-order chi connectivity index (χ0) is 18.0. The number of nitrogens with zero attached hydrogens (tertiary/aromatic N) is 3. The Kier molecular flexibility index (Phi) is 7.43. The first kappa shape index (κ1) is 21.1. The Hall–Kier alpha value is -1.18. The summed E-state index contributed by atoms with van der Waals surface area (Å²) in [4.78, 5) is 21.5. The second-order valence-electron chi connectivity index (χ2n) is 5.85. The summed E-state index contributed by atoms with van der Waals surface area (Å²) in [5.74, 6) is -0.0710. The van der Waals surface area contributed by atoms with Gasteiger partial charge in [-0.25, -0.2) is 4.98 Å². The summed E-state index contributed by atoms with van der Waals surface area (Å²) in [6.07, 6.45) is 0. The predicted octanol–water partition coefficient (Wildman–Crippen LogP) is 5.34. The van der Waals surface area contributed by atoms with E-state index in [-0.39, 0.29) is 18.3 Å². The van der Waals surface area contributed by atoms with Crippen molar-refractivity contribution in [1.29, 1.82) is 0 Å². The molecule has 8 heteroatoms. The normalized spacial score (nSPS) is 10.8. The molecule has 2 aromatic carbocycles. The Morgan fingerprint density at radius 2 is 1.92 bits per heavy atom. The van der Waals surface area contributed by atoms with Crippen molar-refractivity contribution >= 4 is 72.5 Å². The maximum Gasteiger partial charge on any atom is 0.260 e. The number of amides is 1. The van der Waals surface area contributed by atoms with Crippen LogP contribution in [0.4, 0.5) is 5.13 Å². The maximum atomic E-state index is 13.1. The summed E-state index contributed by atoms with van der Waals surface area (Å²) in [6, 6.07) is 13.1. The molecule has 1 amide bonds. The summed E-state index contributed by atoms with van der Waals surface area (Å²) < 4.78 is 1.85. The molecule has 0 aliphatic carbocycles.